The van der Waals surface area contributed by atoms with Gasteiger partial charge in [0.1, 0.15) is 5.76 Å². The summed E-state index contributed by atoms with van der Waals surface area (Å²) in [6.45, 7) is 3.77. The molecule has 1 aromatic rings. The Balaban J connectivity index is 2.23. The molecule has 7 heteroatoms. The normalized spacial score (nSPS) is 10.6. The van der Waals surface area contributed by atoms with Gasteiger partial charge in [-0.3, -0.25) is 10.1 Å². The van der Waals surface area contributed by atoms with Gasteiger partial charge in [-0.2, -0.15) is 0 Å². The number of hydrogen-bond acceptors (Lipinski definition) is 5. The third-order valence-electron chi connectivity index (χ3n) is 2.20. The minimum Gasteiger partial charge on any atom is -0.465 e. The summed E-state index contributed by atoms with van der Waals surface area (Å²) in [6.07, 6.45) is 4.01. The van der Waals surface area contributed by atoms with E-state index in [1.807, 2.05) is 13.8 Å². The molecule has 3 amide bonds. The van der Waals surface area contributed by atoms with E-state index in [2.05, 4.69) is 15.4 Å². The van der Waals surface area contributed by atoms with Crippen LogP contribution in [0, 0.1) is 5.92 Å². The van der Waals surface area contributed by atoms with Crippen molar-refractivity contribution in [2.75, 3.05) is 13.2 Å². The first-order chi connectivity index (χ1) is 9.97. The molecule has 0 spiro atoms. The van der Waals surface area contributed by atoms with Gasteiger partial charge < -0.3 is 14.5 Å². The minimum absolute atomic E-state index is 0.274. The number of carbonyl (C=O) groups excluding carboxylic acids is 3. The lowest BCUT2D eigenvalue weighted by Gasteiger charge is -2.08. The summed E-state index contributed by atoms with van der Waals surface area (Å²) in [6, 6.07) is 2.72. The zero-order valence-corrected chi connectivity index (χ0v) is 11.9. The van der Waals surface area contributed by atoms with Gasteiger partial charge >= 0.3 is 12.0 Å². The molecule has 1 aromatic heterocycles. The largest absolute Gasteiger partial charge is 0.465 e. The van der Waals surface area contributed by atoms with E-state index in [0.717, 1.165) is 6.08 Å². The van der Waals surface area contributed by atoms with Crippen LogP contribution in [0.15, 0.2) is 28.9 Å². The van der Waals surface area contributed by atoms with Gasteiger partial charge in [-0.05, 0) is 24.1 Å². The highest BCUT2D eigenvalue weighted by atomic mass is 16.5. The number of ether oxygens (including phenoxy) is 1. The molecule has 0 radical (unpaired) electrons. The molecular formula is C14H18N2O5. The number of amides is 3. The third-order valence-corrected chi connectivity index (χ3v) is 2.20. The molecule has 21 heavy (non-hydrogen) atoms. The average Bonchev–Trinajstić information content (AvgIpc) is 2.94. The maximum absolute atomic E-state index is 11.3. The first-order valence-electron chi connectivity index (χ1n) is 6.43. The van der Waals surface area contributed by atoms with Crippen LogP contribution in [0.1, 0.15) is 19.6 Å². The fraction of sp³-hybridized carbons (Fsp3) is 0.357. The number of hydrogen-bond donors (Lipinski definition) is 2. The van der Waals surface area contributed by atoms with Crippen LogP contribution in [-0.4, -0.2) is 31.1 Å². The lowest BCUT2D eigenvalue weighted by atomic mass is 10.2. The van der Waals surface area contributed by atoms with Gasteiger partial charge in [0.05, 0.1) is 6.26 Å². The van der Waals surface area contributed by atoms with Crippen LogP contribution in [-0.2, 0) is 14.3 Å². The van der Waals surface area contributed by atoms with E-state index in [-0.39, 0.29) is 5.92 Å². The summed E-state index contributed by atoms with van der Waals surface area (Å²) < 4.78 is 9.65. The maximum Gasteiger partial charge on any atom is 0.331 e. The van der Waals surface area contributed by atoms with Gasteiger partial charge in [0, 0.05) is 12.6 Å². The van der Waals surface area contributed by atoms with Gasteiger partial charge in [0.2, 0.25) is 0 Å². The van der Waals surface area contributed by atoms with Gasteiger partial charge in [-0.25, -0.2) is 9.59 Å². The first-order valence-corrected chi connectivity index (χ1v) is 6.43. The summed E-state index contributed by atoms with van der Waals surface area (Å²) in [7, 11) is 0. The number of imide groups is 1. The maximum atomic E-state index is 11.3. The summed E-state index contributed by atoms with van der Waals surface area (Å²) >= 11 is 0. The second-order valence-electron chi connectivity index (χ2n) is 4.61. The molecule has 1 heterocycles. The number of furan rings is 1. The molecule has 0 unspecified atom stereocenters. The first kappa shape index (κ1) is 16.5. The van der Waals surface area contributed by atoms with Gasteiger partial charge in [0.25, 0.3) is 5.91 Å². The average molecular weight is 294 g/mol. The second kappa shape index (κ2) is 8.57. The van der Waals surface area contributed by atoms with Crippen molar-refractivity contribution in [2.24, 2.45) is 5.92 Å². The summed E-state index contributed by atoms with van der Waals surface area (Å²) in [4.78, 5) is 33.9. The lowest BCUT2D eigenvalue weighted by Crippen LogP contribution is -2.42. The van der Waals surface area contributed by atoms with Crippen molar-refractivity contribution in [3.63, 3.8) is 0 Å². The fourth-order valence-electron chi connectivity index (χ4n) is 1.22. The Morgan fingerprint density at radius 2 is 2.14 bits per heavy atom. The Hall–Kier alpha value is -2.57. The second-order valence-corrected chi connectivity index (χ2v) is 4.61. The molecule has 0 aliphatic heterocycles. The molecule has 1 rings (SSSR count). The van der Waals surface area contributed by atoms with E-state index in [1.165, 1.54) is 12.3 Å². The predicted molar refractivity (Wildman–Crippen MR) is 75.1 cm³/mol. The van der Waals surface area contributed by atoms with Crippen LogP contribution in [0.4, 0.5) is 4.79 Å². The van der Waals surface area contributed by atoms with Crippen LogP contribution >= 0.6 is 0 Å². The molecular weight excluding hydrogens is 276 g/mol. The summed E-state index contributed by atoms with van der Waals surface area (Å²) in [5, 5.41) is 4.56. The Kier molecular flexibility index (Phi) is 6.73. The number of carbonyl (C=O) groups is 3. The molecule has 7 nitrogen and oxygen atoms in total. The molecule has 0 saturated carbocycles. The van der Waals surface area contributed by atoms with Crippen LogP contribution in [0.2, 0.25) is 0 Å². The van der Waals surface area contributed by atoms with E-state index in [4.69, 9.17) is 4.42 Å². The van der Waals surface area contributed by atoms with Gasteiger partial charge in [0.15, 0.2) is 6.61 Å². The molecule has 0 aliphatic rings. The molecule has 0 bridgehead atoms. The third kappa shape index (κ3) is 7.56. The fourth-order valence-corrected chi connectivity index (χ4v) is 1.22. The summed E-state index contributed by atoms with van der Waals surface area (Å²) in [5.74, 6) is -0.639. The van der Waals surface area contributed by atoms with Crippen molar-refractivity contribution in [3.05, 3.63) is 30.2 Å². The van der Waals surface area contributed by atoms with Crippen molar-refractivity contribution in [3.8, 4) is 0 Å². The zero-order valence-electron chi connectivity index (χ0n) is 11.9. The SMILES string of the molecule is CC(C)CNC(=O)NC(=O)COC(=O)/C=C/c1ccco1. The van der Waals surface area contributed by atoms with Crippen molar-refractivity contribution in [1.29, 1.82) is 0 Å². The highest BCUT2D eigenvalue weighted by Crippen LogP contribution is 2.02. The van der Waals surface area contributed by atoms with Crippen molar-refractivity contribution in [1.82, 2.24) is 10.6 Å². The van der Waals surface area contributed by atoms with Crippen LogP contribution < -0.4 is 10.6 Å². The summed E-state index contributed by atoms with van der Waals surface area (Å²) in [5.41, 5.74) is 0. The highest BCUT2D eigenvalue weighted by Gasteiger charge is 2.09. The van der Waals surface area contributed by atoms with Gasteiger partial charge in [-0.1, -0.05) is 13.8 Å². The molecule has 114 valence electrons. The molecule has 0 aliphatic carbocycles. The molecule has 0 atom stereocenters. The Labute approximate surface area is 122 Å². The van der Waals surface area contributed by atoms with Gasteiger partial charge in [-0.15, -0.1) is 0 Å². The van der Waals surface area contributed by atoms with E-state index in [0.29, 0.717) is 12.3 Å². The Bertz CT molecular complexity index is 505. The van der Waals surface area contributed by atoms with Crippen molar-refractivity contribution >= 4 is 24.0 Å². The minimum atomic E-state index is -0.705. The highest BCUT2D eigenvalue weighted by molar-refractivity contribution is 5.96. The quantitative estimate of drug-likeness (QED) is 0.609. The molecule has 0 saturated heterocycles. The van der Waals surface area contributed by atoms with E-state index >= 15 is 0 Å². The molecule has 0 fully saturated rings. The monoisotopic (exact) mass is 294 g/mol. The number of nitrogens with one attached hydrogen (secondary N) is 2. The van der Waals surface area contributed by atoms with E-state index in [9.17, 15) is 14.4 Å². The van der Waals surface area contributed by atoms with Crippen molar-refractivity contribution < 1.29 is 23.5 Å². The van der Waals surface area contributed by atoms with Crippen LogP contribution in [0.3, 0.4) is 0 Å². The standard InChI is InChI=1S/C14H18N2O5/c1-10(2)8-15-14(19)16-12(17)9-21-13(18)6-5-11-4-3-7-20-11/h3-7,10H,8-9H2,1-2H3,(H2,15,16,17,19)/b6-5+. The Morgan fingerprint density at radius 3 is 2.76 bits per heavy atom. The molecule has 2 N–H and O–H groups in total. The van der Waals surface area contributed by atoms with Crippen LogP contribution in [0.25, 0.3) is 6.08 Å². The Morgan fingerprint density at radius 1 is 1.38 bits per heavy atom. The molecule has 0 aromatic carbocycles. The number of esters is 1. The van der Waals surface area contributed by atoms with Crippen LogP contribution in [0.5, 0.6) is 0 Å². The number of urea groups is 1. The lowest BCUT2D eigenvalue weighted by molar-refractivity contribution is -0.143. The predicted octanol–water partition coefficient (Wildman–Crippen LogP) is 1.32. The smallest absolute Gasteiger partial charge is 0.331 e. The zero-order chi connectivity index (χ0) is 15.7. The number of rotatable bonds is 6. The van der Waals surface area contributed by atoms with Crippen molar-refractivity contribution in [2.45, 2.75) is 13.8 Å². The van der Waals surface area contributed by atoms with E-state index in [1.54, 1.807) is 12.1 Å². The van der Waals surface area contributed by atoms with E-state index < -0.39 is 24.5 Å². The topological polar surface area (TPSA) is 97.6 Å².